The van der Waals surface area contributed by atoms with Crippen LogP contribution < -0.4 is 5.32 Å². The molecule has 1 aliphatic rings. The number of fused-ring (bicyclic) bond motifs is 3. The third-order valence-electron chi connectivity index (χ3n) is 6.00. The summed E-state index contributed by atoms with van der Waals surface area (Å²) in [7, 11) is -3.85. The molecule has 2 heterocycles. The summed E-state index contributed by atoms with van der Waals surface area (Å²) < 4.78 is 28.2. The third-order valence-corrected chi connectivity index (χ3v) is 7.67. The Hall–Kier alpha value is -3.00. The minimum absolute atomic E-state index is 0.119. The molecule has 0 radical (unpaired) electrons. The summed E-state index contributed by atoms with van der Waals surface area (Å²) in [6.45, 7) is 1.92. The van der Waals surface area contributed by atoms with E-state index in [1.807, 2.05) is 31.2 Å². The SMILES string of the molecule is Cc1ccc(S(=O)(=O)c2nnn3c2nc(NC2CCCCCC2)c2ccccc23)cc1. The lowest BCUT2D eigenvalue weighted by Gasteiger charge is -2.18. The molecule has 1 aliphatic carbocycles. The van der Waals surface area contributed by atoms with Crippen LogP contribution in [0.5, 0.6) is 0 Å². The Morgan fingerprint density at radius 1 is 0.968 bits per heavy atom. The maximum absolute atomic E-state index is 13.3. The molecule has 5 rings (SSSR count). The van der Waals surface area contributed by atoms with Crippen molar-refractivity contribution in [1.29, 1.82) is 0 Å². The summed E-state index contributed by atoms with van der Waals surface area (Å²) in [6, 6.07) is 14.8. The second kappa shape index (κ2) is 7.92. The number of nitrogens with one attached hydrogen (secondary N) is 1. The first-order valence-electron chi connectivity index (χ1n) is 10.8. The fourth-order valence-electron chi connectivity index (χ4n) is 4.28. The van der Waals surface area contributed by atoms with Crippen molar-refractivity contribution in [2.45, 2.75) is 61.4 Å². The fraction of sp³-hybridized carbons (Fsp3) is 0.348. The Morgan fingerprint density at radius 2 is 1.68 bits per heavy atom. The van der Waals surface area contributed by atoms with E-state index in [4.69, 9.17) is 4.98 Å². The first-order valence-corrected chi connectivity index (χ1v) is 12.2. The molecule has 0 amide bonds. The van der Waals surface area contributed by atoms with Gasteiger partial charge in [-0.1, -0.05) is 60.7 Å². The Bertz CT molecular complexity index is 1340. The van der Waals surface area contributed by atoms with Gasteiger partial charge in [0, 0.05) is 11.4 Å². The number of nitrogens with zero attached hydrogens (tertiary/aromatic N) is 4. The summed E-state index contributed by atoms with van der Waals surface area (Å²) in [5.74, 6) is 0.692. The van der Waals surface area contributed by atoms with Gasteiger partial charge in [-0.25, -0.2) is 13.4 Å². The number of aromatic nitrogens is 4. The van der Waals surface area contributed by atoms with E-state index >= 15 is 0 Å². The molecule has 160 valence electrons. The lowest BCUT2D eigenvalue weighted by Crippen LogP contribution is -2.19. The zero-order valence-corrected chi connectivity index (χ0v) is 18.3. The number of benzene rings is 2. The summed E-state index contributed by atoms with van der Waals surface area (Å²) in [5, 5.41) is 12.6. The molecule has 0 aliphatic heterocycles. The number of anilines is 1. The van der Waals surface area contributed by atoms with Crippen LogP contribution in [0.3, 0.4) is 0 Å². The highest BCUT2D eigenvalue weighted by Crippen LogP contribution is 2.29. The van der Waals surface area contributed by atoms with E-state index in [1.165, 1.54) is 30.2 Å². The van der Waals surface area contributed by atoms with Crippen LogP contribution >= 0.6 is 0 Å². The highest BCUT2D eigenvalue weighted by atomic mass is 32.2. The van der Waals surface area contributed by atoms with Gasteiger partial charge in [-0.05, 0) is 44.0 Å². The second-order valence-corrected chi connectivity index (χ2v) is 10.1. The highest BCUT2D eigenvalue weighted by molar-refractivity contribution is 7.91. The first-order chi connectivity index (χ1) is 15.0. The van der Waals surface area contributed by atoms with Gasteiger partial charge in [0.15, 0.2) is 5.65 Å². The van der Waals surface area contributed by atoms with Gasteiger partial charge in [0.1, 0.15) is 5.82 Å². The van der Waals surface area contributed by atoms with Crippen LogP contribution in [0, 0.1) is 6.92 Å². The maximum atomic E-state index is 13.3. The van der Waals surface area contributed by atoms with Crippen molar-refractivity contribution in [3.63, 3.8) is 0 Å². The Labute approximate surface area is 181 Å². The molecular weight excluding hydrogens is 410 g/mol. The number of sulfone groups is 1. The number of hydrogen-bond donors (Lipinski definition) is 1. The van der Waals surface area contributed by atoms with Crippen LogP contribution in [0.2, 0.25) is 0 Å². The molecule has 0 atom stereocenters. The Morgan fingerprint density at radius 3 is 2.42 bits per heavy atom. The van der Waals surface area contributed by atoms with E-state index in [-0.39, 0.29) is 15.6 Å². The monoisotopic (exact) mass is 435 g/mol. The molecule has 31 heavy (non-hydrogen) atoms. The molecule has 1 N–H and O–H groups in total. The van der Waals surface area contributed by atoms with Crippen LogP contribution in [0.1, 0.15) is 44.1 Å². The van der Waals surface area contributed by atoms with Crippen LogP contribution in [0.4, 0.5) is 5.82 Å². The number of para-hydroxylation sites is 1. The molecule has 2 aromatic carbocycles. The van der Waals surface area contributed by atoms with Crippen molar-refractivity contribution in [2.75, 3.05) is 5.32 Å². The van der Waals surface area contributed by atoms with Gasteiger partial charge in [-0.2, -0.15) is 4.52 Å². The van der Waals surface area contributed by atoms with Crippen molar-refractivity contribution in [1.82, 2.24) is 19.8 Å². The average molecular weight is 436 g/mol. The molecule has 2 aromatic heterocycles. The van der Waals surface area contributed by atoms with Gasteiger partial charge in [0.25, 0.3) is 0 Å². The van der Waals surface area contributed by atoms with Gasteiger partial charge in [0.05, 0.1) is 10.4 Å². The fourth-order valence-corrected chi connectivity index (χ4v) is 5.51. The van der Waals surface area contributed by atoms with Crippen molar-refractivity contribution in [3.05, 3.63) is 54.1 Å². The number of rotatable bonds is 4. The predicted octanol–water partition coefficient (Wildman–Crippen LogP) is 4.55. The van der Waals surface area contributed by atoms with Crippen molar-refractivity contribution in [2.24, 2.45) is 0 Å². The maximum Gasteiger partial charge on any atom is 0.229 e. The first kappa shape index (κ1) is 19.9. The second-order valence-electron chi connectivity index (χ2n) is 8.26. The normalized spacial score (nSPS) is 15.9. The minimum atomic E-state index is -3.85. The summed E-state index contributed by atoms with van der Waals surface area (Å²) in [4.78, 5) is 4.93. The quantitative estimate of drug-likeness (QED) is 0.473. The van der Waals surface area contributed by atoms with Crippen LogP contribution in [0.15, 0.2) is 58.5 Å². The van der Waals surface area contributed by atoms with Gasteiger partial charge >= 0.3 is 0 Å². The zero-order chi connectivity index (χ0) is 21.4. The summed E-state index contributed by atoms with van der Waals surface area (Å²) >= 11 is 0. The summed E-state index contributed by atoms with van der Waals surface area (Å²) in [6.07, 6.45) is 7.09. The van der Waals surface area contributed by atoms with Crippen molar-refractivity contribution >= 4 is 32.2 Å². The lowest BCUT2D eigenvalue weighted by molar-refractivity contribution is 0.592. The smallest absolute Gasteiger partial charge is 0.229 e. The molecule has 7 nitrogen and oxygen atoms in total. The van der Waals surface area contributed by atoms with E-state index in [9.17, 15) is 8.42 Å². The van der Waals surface area contributed by atoms with Gasteiger partial charge in [-0.15, -0.1) is 5.10 Å². The van der Waals surface area contributed by atoms with E-state index in [1.54, 1.807) is 24.3 Å². The topological polar surface area (TPSA) is 89.2 Å². The van der Waals surface area contributed by atoms with E-state index in [2.05, 4.69) is 15.6 Å². The number of aryl methyl sites for hydroxylation is 1. The molecule has 1 fully saturated rings. The molecule has 0 bridgehead atoms. The van der Waals surface area contributed by atoms with Crippen molar-refractivity contribution < 1.29 is 8.42 Å². The van der Waals surface area contributed by atoms with Gasteiger partial charge < -0.3 is 5.32 Å². The van der Waals surface area contributed by atoms with E-state index in [0.29, 0.717) is 11.9 Å². The Balaban J connectivity index is 1.66. The molecule has 4 aromatic rings. The van der Waals surface area contributed by atoms with Crippen molar-refractivity contribution in [3.8, 4) is 0 Å². The van der Waals surface area contributed by atoms with Crippen LogP contribution in [0.25, 0.3) is 16.6 Å². The largest absolute Gasteiger partial charge is 0.367 e. The number of hydrogen-bond acceptors (Lipinski definition) is 6. The standard InChI is InChI=1S/C23H25N5O2S/c1-16-12-14-18(15-13-16)31(29,30)23-22-25-21(24-17-8-4-2-3-5-9-17)19-10-6-7-11-20(19)28(22)27-26-23/h6-7,10-15,17H,2-5,8-9H2,1H3,(H,24,25). The predicted molar refractivity (Wildman–Crippen MR) is 120 cm³/mol. The minimum Gasteiger partial charge on any atom is -0.367 e. The molecular formula is C23H25N5O2S. The molecule has 0 spiro atoms. The van der Waals surface area contributed by atoms with Crippen LogP contribution in [-0.2, 0) is 9.84 Å². The zero-order valence-electron chi connectivity index (χ0n) is 17.5. The van der Waals surface area contributed by atoms with Gasteiger partial charge in [0.2, 0.25) is 14.9 Å². The molecule has 0 unspecified atom stereocenters. The van der Waals surface area contributed by atoms with E-state index < -0.39 is 9.84 Å². The van der Waals surface area contributed by atoms with Gasteiger partial charge in [-0.3, -0.25) is 0 Å². The average Bonchev–Trinajstić information content (AvgIpc) is 3.05. The molecule has 0 saturated heterocycles. The molecule has 8 heteroatoms. The molecule has 1 saturated carbocycles. The highest BCUT2D eigenvalue weighted by Gasteiger charge is 2.27. The summed E-state index contributed by atoms with van der Waals surface area (Å²) in [5.41, 5.74) is 2.02. The van der Waals surface area contributed by atoms with Crippen LogP contribution in [-0.4, -0.2) is 34.3 Å². The third kappa shape index (κ3) is 3.65. The van der Waals surface area contributed by atoms with E-state index in [0.717, 1.165) is 29.3 Å². The lowest BCUT2D eigenvalue weighted by atomic mass is 10.1. The Kier molecular flexibility index (Phi) is 5.09.